The Bertz CT molecular complexity index is 596. The Kier molecular flexibility index (Phi) is 5.27. The molecule has 0 fully saturated rings. The summed E-state index contributed by atoms with van der Waals surface area (Å²) in [7, 11) is 0. The van der Waals surface area contributed by atoms with Crippen molar-refractivity contribution in [3.63, 3.8) is 0 Å². The van der Waals surface area contributed by atoms with Crippen LogP contribution in [0.1, 0.15) is 11.3 Å². The van der Waals surface area contributed by atoms with Crippen molar-refractivity contribution in [3.8, 4) is 0 Å². The average Bonchev–Trinajstić information content (AvgIpc) is 3.07. The number of thiophene rings is 1. The number of carbonyl (C=O) groups is 2. The lowest BCUT2D eigenvalue weighted by atomic mass is 10.2. The van der Waals surface area contributed by atoms with Gasteiger partial charge in [-0.15, -0.1) is 5.10 Å². The van der Waals surface area contributed by atoms with Crippen LogP contribution in [0, 0.1) is 0 Å². The number of aliphatic carboxylic acids is 1. The summed E-state index contributed by atoms with van der Waals surface area (Å²) in [5.74, 6) is -0.995. The van der Waals surface area contributed by atoms with E-state index in [1.165, 1.54) is 16.4 Å². The summed E-state index contributed by atoms with van der Waals surface area (Å²) in [6.07, 6.45) is 2.27. The van der Waals surface area contributed by atoms with Crippen molar-refractivity contribution < 1.29 is 14.7 Å². The highest BCUT2D eigenvalue weighted by molar-refractivity contribution is 7.07. The summed E-state index contributed by atoms with van der Waals surface area (Å²) >= 11 is 1.62. The van der Waals surface area contributed by atoms with E-state index in [0.717, 1.165) is 6.42 Å². The number of urea groups is 1. The van der Waals surface area contributed by atoms with Crippen molar-refractivity contribution in [2.45, 2.75) is 19.5 Å². The molecule has 8 nitrogen and oxygen atoms in total. The van der Waals surface area contributed by atoms with Crippen molar-refractivity contribution in [1.29, 1.82) is 0 Å². The minimum atomic E-state index is -0.995. The molecule has 0 aliphatic heterocycles. The standard InChI is InChI=1S/C12H15N5O3S/c18-11(19)7-17-6-10(15-16-17)5-14-12(20)13-3-1-9-2-4-21-8-9/h2,4,6,8H,1,3,5,7H2,(H,18,19)(H2,13,14,20). The van der Waals surface area contributed by atoms with Gasteiger partial charge in [-0.1, -0.05) is 5.21 Å². The summed E-state index contributed by atoms with van der Waals surface area (Å²) < 4.78 is 1.20. The van der Waals surface area contributed by atoms with Gasteiger partial charge in [0.2, 0.25) is 0 Å². The van der Waals surface area contributed by atoms with Crippen LogP contribution in [0.3, 0.4) is 0 Å². The fraction of sp³-hybridized carbons (Fsp3) is 0.333. The minimum absolute atomic E-state index is 0.198. The third-order valence-corrected chi connectivity index (χ3v) is 3.32. The summed E-state index contributed by atoms with van der Waals surface area (Å²) in [6, 6.07) is 1.73. The molecular weight excluding hydrogens is 294 g/mol. The number of nitrogens with one attached hydrogen (secondary N) is 2. The van der Waals surface area contributed by atoms with Gasteiger partial charge in [-0.05, 0) is 28.8 Å². The Morgan fingerprint density at radius 2 is 2.24 bits per heavy atom. The molecule has 0 aliphatic carbocycles. The number of amides is 2. The van der Waals surface area contributed by atoms with Gasteiger partial charge in [-0.2, -0.15) is 11.3 Å². The maximum atomic E-state index is 11.6. The van der Waals surface area contributed by atoms with Crippen LogP contribution >= 0.6 is 11.3 Å². The summed E-state index contributed by atoms with van der Waals surface area (Å²) in [6.45, 7) is 0.498. The van der Waals surface area contributed by atoms with Crippen molar-refractivity contribution in [1.82, 2.24) is 25.6 Å². The fourth-order valence-electron chi connectivity index (χ4n) is 1.62. The first kappa shape index (κ1) is 15.0. The average molecular weight is 309 g/mol. The van der Waals surface area contributed by atoms with Crippen LogP contribution in [-0.4, -0.2) is 38.6 Å². The molecule has 0 saturated heterocycles. The molecule has 0 atom stereocenters. The van der Waals surface area contributed by atoms with Crippen molar-refractivity contribution in [2.24, 2.45) is 0 Å². The third kappa shape index (κ3) is 5.22. The number of carbonyl (C=O) groups excluding carboxylic acids is 1. The topological polar surface area (TPSA) is 109 Å². The summed E-state index contributed by atoms with van der Waals surface area (Å²) in [5.41, 5.74) is 1.70. The highest BCUT2D eigenvalue weighted by atomic mass is 32.1. The molecule has 0 bridgehead atoms. The van der Waals surface area contributed by atoms with Gasteiger partial charge in [0.15, 0.2) is 0 Å². The molecule has 0 unspecified atom stereocenters. The van der Waals surface area contributed by atoms with E-state index in [-0.39, 0.29) is 19.1 Å². The lowest BCUT2D eigenvalue weighted by Gasteiger charge is -2.05. The van der Waals surface area contributed by atoms with Crippen LogP contribution in [0.2, 0.25) is 0 Å². The van der Waals surface area contributed by atoms with E-state index in [0.29, 0.717) is 12.2 Å². The Morgan fingerprint density at radius 3 is 2.95 bits per heavy atom. The van der Waals surface area contributed by atoms with Crippen molar-refractivity contribution >= 4 is 23.3 Å². The molecule has 0 aliphatic rings. The molecule has 2 rings (SSSR count). The first-order valence-electron chi connectivity index (χ1n) is 6.27. The Hall–Kier alpha value is -2.42. The van der Waals surface area contributed by atoms with E-state index < -0.39 is 5.97 Å². The second kappa shape index (κ2) is 7.39. The monoisotopic (exact) mass is 309 g/mol. The molecule has 21 heavy (non-hydrogen) atoms. The van der Waals surface area contributed by atoms with Gasteiger partial charge >= 0.3 is 12.0 Å². The maximum absolute atomic E-state index is 11.6. The number of carboxylic acids is 1. The second-order valence-electron chi connectivity index (χ2n) is 4.29. The number of carboxylic acid groups (broad SMARTS) is 1. The largest absolute Gasteiger partial charge is 0.480 e. The summed E-state index contributed by atoms with van der Waals surface area (Å²) in [4.78, 5) is 22.1. The zero-order valence-electron chi connectivity index (χ0n) is 11.2. The van der Waals surface area contributed by atoms with E-state index in [4.69, 9.17) is 5.11 Å². The predicted molar refractivity (Wildman–Crippen MR) is 75.9 cm³/mol. The van der Waals surface area contributed by atoms with E-state index in [2.05, 4.69) is 20.9 Å². The molecule has 0 saturated carbocycles. The molecular formula is C12H15N5O3S. The van der Waals surface area contributed by atoms with Gasteiger partial charge in [0, 0.05) is 6.54 Å². The van der Waals surface area contributed by atoms with Crippen molar-refractivity contribution in [3.05, 3.63) is 34.3 Å². The van der Waals surface area contributed by atoms with Gasteiger partial charge in [0.1, 0.15) is 12.2 Å². The lowest BCUT2D eigenvalue weighted by molar-refractivity contribution is -0.137. The van der Waals surface area contributed by atoms with Crippen LogP contribution in [0.4, 0.5) is 4.79 Å². The maximum Gasteiger partial charge on any atom is 0.325 e. The number of rotatable bonds is 7. The molecule has 2 amide bonds. The van der Waals surface area contributed by atoms with E-state index in [9.17, 15) is 9.59 Å². The van der Waals surface area contributed by atoms with Crippen LogP contribution in [0.25, 0.3) is 0 Å². The van der Waals surface area contributed by atoms with Crippen molar-refractivity contribution in [2.75, 3.05) is 6.54 Å². The van der Waals surface area contributed by atoms with Gasteiger partial charge in [-0.25, -0.2) is 9.48 Å². The Labute approximate surface area is 124 Å². The number of nitrogens with zero attached hydrogens (tertiary/aromatic N) is 3. The van der Waals surface area contributed by atoms with Gasteiger partial charge in [0.25, 0.3) is 0 Å². The predicted octanol–water partition coefficient (Wildman–Crippen LogP) is 0.466. The number of hydrogen-bond donors (Lipinski definition) is 3. The number of aromatic nitrogens is 3. The summed E-state index contributed by atoms with van der Waals surface area (Å²) in [5, 5.41) is 25.4. The molecule has 0 radical (unpaired) electrons. The van der Waals surface area contributed by atoms with E-state index in [1.54, 1.807) is 11.3 Å². The van der Waals surface area contributed by atoms with Crippen LogP contribution in [0.5, 0.6) is 0 Å². The molecule has 2 aromatic rings. The van der Waals surface area contributed by atoms with Crippen LogP contribution in [-0.2, 0) is 24.3 Å². The fourth-order valence-corrected chi connectivity index (χ4v) is 2.33. The highest BCUT2D eigenvalue weighted by Gasteiger charge is 2.06. The zero-order valence-corrected chi connectivity index (χ0v) is 12.0. The SMILES string of the molecule is O=C(O)Cn1cc(CNC(=O)NCCc2ccsc2)nn1. The van der Waals surface area contributed by atoms with E-state index in [1.807, 2.05) is 16.8 Å². The smallest absolute Gasteiger partial charge is 0.325 e. The second-order valence-corrected chi connectivity index (χ2v) is 5.07. The molecule has 0 spiro atoms. The molecule has 0 aromatic carbocycles. The van der Waals surface area contributed by atoms with Crippen LogP contribution in [0.15, 0.2) is 23.0 Å². The first-order valence-corrected chi connectivity index (χ1v) is 7.21. The molecule has 9 heteroatoms. The molecule has 2 heterocycles. The molecule has 112 valence electrons. The van der Waals surface area contributed by atoms with Gasteiger partial charge < -0.3 is 15.7 Å². The Morgan fingerprint density at radius 1 is 1.38 bits per heavy atom. The first-order chi connectivity index (χ1) is 10.1. The number of hydrogen-bond acceptors (Lipinski definition) is 5. The quantitative estimate of drug-likeness (QED) is 0.688. The highest BCUT2D eigenvalue weighted by Crippen LogP contribution is 2.05. The van der Waals surface area contributed by atoms with Gasteiger partial charge in [0.05, 0.1) is 12.7 Å². The third-order valence-electron chi connectivity index (χ3n) is 2.59. The van der Waals surface area contributed by atoms with Gasteiger partial charge in [-0.3, -0.25) is 4.79 Å². The van der Waals surface area contributed by atoms with E-state index >= 15 is 0 Å². The Balaban J connectivity index is 1.66. The lowest BCUT2D eigenvalue weighted by Crippen LogP contribution is -2.36. The zero-order chi connectivity index (χ0) is 15.1. The minimum Gasteiger partial charge on any atom is -0.480 e. The van der Waals surface area contributed by atoms with Crippen LogP contribution < -0.4 is 10.6 Å². The molecule has 3 N–H and O–H groups in total. The normalized spacial score (nSPS) is 10.3. The molecule has 2 aromatic heterocycles.